The number of ether oxygens (including phenoxy) is 1. The molecule has 14 heavy (non-hydrogen) atoms. The normalized spacial score (nSPS) is 10.0. The fourth-order valence-electron chi connectivity index (χ4n) is 0.822. The van der Waals surface area contributed by atoms with Crippen LogP contribution in [0.1, 0.15) is 5.89 Å². The Morgan fingerprint density at radius 3 is 3.14 bits per heavy atom. The molecular weight excluding hydrogens is 204 g/mol. The molecule has 0 aliphatic heterocycles. The van der Waals surface area contributed by atoms with Gasteiger partial charge in [-0.1, -0.05) is 0 Å². The van der Waals surface area contributed by atoms with E-state index in [-0.39, 0.29) is 11.4 Å². The van der Waals surface area contributed by atoms with Crippen LogP contribution in [0.5, 0.6) is 5.88 Å². The molecule has 0 unspecified atom stereocenters. The minimum Gasteiger partial charge on any atom is -0.468 e. The highest BCUT2D eigenvalue weighted by atomic mass is 32.1. The minimum absolute atomic E-state index is 0.185. The Morgan fingerprint density at radius 1 is 1.57 bits per heavy atom. The molecule has 7 heteroatoms. The second kappa shape index (κ2) is 3.97. The summed E-state index contributed by atoms with van der Waals surface area (Å²) in [6.07, 6.45) is 2.98. The first-order valence-electron chi connectivity index (χ1n) is 3.78. The molecule has 0 fully saturated rings. The van der Waals surface area contributed by atoms with Gasteiger partial charge in [0, 0.05) is 12.3 Å². The number of nitrogens with one attached hydrogen (secondary N) is 1. The second-order valence-electron chi connectivity index (χ2n) is 2.34. The zero-order chi connectivity index (χ0) is 9.80. The van der Waals surface area contributed by atoms with E-state index >= 15 is 0 Å². The van der Waals surface area contributed by atoms with Crippen molar-refractivity contribution in [3.63, 3.8) is 0 Å². The van der Waals surface area contributed by atoms with Crippen LogP contribution < -0.4 is 4.74 Å². The van der Waals surface area contributed by atoms with Crippen LogP contribution in [0.15, 0.2) is 23.0 Å². The van der Waals surface area contributed by atoms with Crippen molar-refractivity contribution in [1.29, 1.82) is 0 Å². The van der Waals surface area contributed by atoms with Crippen molar-refractivity contribution in [3.05, 3.63) is 29.3 Å². The predicted octanol–water partition coefficient (Wildman–Crippen LogP) is 1.10. The summed E-state index contributed by atoms with van der Waals surface area (Å²) in [5, 5.41) is 6.26. The Bertz CT molecular complexity index is 452. The van der Waals surface area contributed by atoms with Crippen LogP contribution in [0.4, 0.5) is 0 Å². The summed E-state index contributed by atoms with van der Waals surface area (Å²) in [6, 6.07) is 1.64. The van der Waals surface area contributed by atoms with Gasteiger partial charge in [-0.15, -0.1) is 5.10 Å². The van der Waals surface area contributed by atoms with Gasteiger partial charge < -0.3 is 9.15 Å². The average Bonchev–Trinajstić information content (AvgIpc) is 2.63. The van der Waals surface area contributed by atoms with Crippen molar-refractivity contribution in [2.75, 3.05) is 0 Å². The lowest BCUT2D eigenvalue weighted by atomic mass is 10.6. The van der Waals surface area contributed by atoms with Crippen LogP contribution in [0.25, 0.3) is 0 Å². The highest BCUT2D eigenvalue weighted by molar-refractivity contribution is 7.71. The molecule has 0 aromatic carbocycles. The van der Waals surface area contributed by atoms with E-state index in [0.717, 1.165) is 0 Å². The maximum Gasteiger partial charge on any atom is 0.284 e. The number of hydrogen-bond donors (Lipinski definition) is 1. The van der Waals surface area contributed by atoms with Crippen LogP contribution in [0, 0.1) is 4.84 Å². The van der Waals surface area contributed by atoms with Crippen LogP contribution in [0.3, 0.4) is 0 Å². The molecule has 0 bridgehead atoms. The van der Waals surface area contributed by atoms with E-state index in [0.29, 0.717) is 11.8 Å². The maximum atomic E-state index is 5.23. The predicted molar refractivity (Wildman–Crippen MR) is 48.1 cm³/mol. The first-order valence-corrected chi connectivity index (χ1v) is 4.18. The van der Waals surface area contributed by atoms with E-state index in [1.807, 2.05) is 0 Å². The molecule has 72 valence electrons. The largest absolute Gasteiger partial charge is 0.468 e. The summed E-state index contributed by atoms with van der Waals surface area (Å²) < 4.78 is 10.2. The van der Waals surface area contributed by atoms with Gasteiger partial charge in [0.15, 0.2) is 6.61 Å². The van der Waals surface area contributed by atoms with Crippen LogP contribution >= 0.6 is 12.2 Å². The average molecular weight is 210 g/mol. The smallest absolute Gasteiger partial charge is 0.284 e. The molecule has 2 aromatic rings. The Kier molecular flexibility index (Phi) is 2.50. The number of aromatic amines is 1. The Balaban J connectivity index is 1.98. The summed E-state index contributed by atoms with van der Waals surface area (Å²) in [5.41, 5.74) is 0. The molecule has 1 N–H and O–H groups in total. The molecule has 0 aliphatic carbocycles. The lowest BCUT2D eigenvalue weighted by molar-refractivity contribution is 0.252. The molecule has 0 saturated carbocycles. The third-order valence-electron chi connectivity index (χ3n) is 1.38. The Hall–Kier alpha value is -1.76. The number of hydrogen-bond acceptors (Lipinski definition) is 6. The molecule has 2 rings (SSSR count). The second-order valence-corrected chi connectivity index (χ2v) is 2.71. The molecule has 6 nitrogen and oxygen atoms in total. The summed E-state index contributed by atoms with van der Waals surface area (Å²) in [6.45, 7) is 0.185. The third kappa shape index (κ3) is 2.13. The molecule has 2 heterocycles. The summed E-state index contributed by atoms with van der Waals surface area (Å²) in [4.78, 5) is 7.84. The Morgan fingerprint density at radius 2 is 2.50 bits per heavy atom. The van der Waals surface area contributed by atoms with Crippen molar-refractivity contribution in [1.82, 2.24) is 20.2 Å². The SMILES string of the molecule is S=c1[nH]nc(COc2ccncn2)o1. The zero-order valence-electron chi connectivity index (χ0n) is 7.01. The van der Waals surface area contributed by atoms with Crippen molar-refractivity contribution in [3.8, 4) is 5.88 Å². The van der Waals surface area contributed by atoms with E-state index in [4.69, 9.17) is 21.4 Å². The van der Waals surface area contributed by atoms with Gasteiger partial charge in [0.25, 0.3) is 10.7 Å². The third-order valence-corrected chi connectivity index (χ3v) is 1.56. The van der Waals surface area contributed by atoms with Crippen molar-refractivity contribution in [2.24, 2.45) is 0 Å². The van der Waals surface area contributed by atoms with Gasteiger partial charge in [0.1, 0.15) is 6.33 Å². The van der Waals surface area contributed by atoms with E-state index in [2.05, 4.69) is 20.2 Å². The molecular formula is C7H6N4O2S. The number of rotatable bonds is 3. The van der Waals surface area contributed by atoms with Gasteiger partial charge >= 0.3 is 0 Å². The van der Waals surface area contributed by atoms with E-state index in [1.54, 1.807) is 12.3 Å². The van der Waals surface area contributed by atoms with E-state index in [9.17, 15) is 0 Å². The minimum atomic E-state index is 0.185. The molecule has 2 aromatic heterocycles. The molecule has 0 amide bonds. The molecule has 0 radical (unpaired) electrons. The Labute approximate surface area is 84.0 Å². The number of nitrogens with zero attached hydrogens (tertiary/aromatic N) is 3. The number of H-pyrrole nitrogens is 1. The molecule has 0 atom stereocenters. The summed E-state index contributed by atoms with van der Waals surface area (Å²) in [7, 11) is 0. The highest BCUT2D eigenvalue weighted by Gasteiger charge is 2.00. The fourth-order valence-corrected chi connectivity index (χ4v) is 0.964. The van der Waals surface area contributed by atoms with Gasteiger partial charge in [-0.25, -0.2) is 15.1 Å². The highest BCUT2D eigenvalue weighted by Crippen LogP contribution is 2.05. The lowest BCUT2D eigenvalue weighted by Crippen LogP contribution is -1.97. The monoisotopic (exact) mass is 210 g/mol. The summed E-state index contributed by atoms with van der Waals surface area (Å²) >= 11 is 4.70. The number of aromatic nitrogens is 4. The van der Waals surface area contributed by atoms with Gasteiger partial charge in [-0.05, 0) is 12.2 Å². The first kappa shape index (κ1) is 8.82. The quantitative estimate of drug-likeness (QED) is 0.764. The van der Waals surface area contributed by atoms with E-state index < -0.39 is 0 Å². The van der Waals surface area contributed by atoms with E-state index in [1.165, 1.54) is 6.33 Å². The molecule has 0 saturated heterocycles. The standard InChI is InChI=1S/C7H6N4O2S/c14-7-11-10-6(13-7)3-12-5-1-2-8-4-9-5/h1-2,4H,3H2,(H,11,14). The van der Waals surface area contributed by atoms with Gasteiger partial charge in [0.2, 0.25) is 5.88 Å². The molecule has 0 aliphatic rings. The summed E-state index contributed by atoms with van der Waals surface area (Å²) in [5.74, 6) is 0.845. The van der Waals surface area contributed by atoms with Crippen LogP contribution in [-0.2, 0) is 6.61 Å². The van der Waals surface area contributed by atoms with Gasteiger partial charge in [0.05, 0.1) is 0 Å². The van der Waals surface area contributed by atoms with Crippen molar-refractivity contribution in [2.45, 2.75) is 6.61 Å². The van der Waals surface area contributed by atoms with Gasteiger partial charge in [-0.3, -0.25) is 0 Å². The lowest BCUT2D eigenvalue weighted by Gasteiger charge is -1.99. The first-order chi connectivity index (χ1) is 6.84. The maximum absolute atomic E-state index is 5.23. The zero-order valence-corrected chi connectivity index (χ0v) is 7.82. The van der Waals surface area contributed by atoms with Gasteiger partial charge in [-0.2, -0.15) is 0 Å². The molecule has 0 spiro atoms. The van der Waals surface area contributed by atoms with Crippen LogP contribution in [0.2, 0.25) is 0 Å². The van der Waals surface area contributed by atoms with Crippen molar-refractivity contribution >= 4 is 12.2 Å². The van der Waals surface area contributed by atoms with Crippen molar-refractivity contribution < 1.29 is 9.15 Å². The van der Waals surface area contributed by atoms with Crippen LogP contribution in [-0.4, -0.2) is 20.2 Å². The fraction of sp³-hybridized carbons (Fsp3) is 0.143. The topological polar surface area (TPSA) is 76.8 Å².